The van der Waals surface area contributed by atoms with E-state index in [0.29, 0.717) is 6.54 Å². The van der Waals surface area contributed by atoms with E-state index in [1.807, 2.05) is 7.05 Å². The first kappa shape index (κ1) is 11.2. The Balaban J connectivity index is 1.99. The number of hydrogen-bond donors (Lipinski definition) is 1. The molecule has 90 valence electrons. The van der Waals surface area contributed by atoms with Crippen LogP contribution in [0.25, 0.3) is 0 Å². The molecule has 0 unspecified atom stereocenters. The summed E-state index contributed by atoms with van der Waals surface area (Å²) in [5.74, 6) is -0.998. The van der Waals surface area contributed by atoms with E-state index in [9.17, 15) is 9.59 Å². The van der Waals surface area contributed by atoms with Crippen molar-refractivity contribution >= 4 is 12.1 Å². The van der Waals surface area contributed by atoms with E-state index in [-0.39, 0.29) is 6.54 Å². The number of likely N-dealkylation sites (tertiary alicyclic amines) is 1. The lowest BCUT2D eigenvalue weighted by Gasteiger charge is -2.35. The summed E-state index contributed by atoms with van der Waals surface area (Å²) >= 11 is 0. The van der Waals surface area contributed by atoms with Gasteiger partial charge < -0.3 is 14.7 Å². The number of piperidine rings is 1. The average Bonchev–Trinajstić information content (AvgIpc) is 2.49. The van der Waals surface area contributed by atoms with Gasteiger partial charge in [0.1, 0.15) is 12.1 Å². The van der Waals surface area contributed by atoms with Crippen LogP contribution in [-0.2, 0) is 9.53 Å². The van der Waals surface area contributed by atoms with Crippen molar-refractivity contribution in [1.29, 1.82) is 0 Å². The fourth-order valence-corrected chi connectivity index (χ4v) is 2.26. The Morgan fingerprint density at radius 3 is 2.69 bits per heavy atom. The van der Waals surface area contributed by atoms with E-state index in [0.717, 1.165) is 25.9 Å². The van der Waals surface area contributed by atoms with E-state index < -0.39 is 17.7 Å². The molecule has 2 aliphatic heterocycles. The normalized spacial score (nSPS) is 24.8. The summed E-state index contributed by atoms with van der Waals surface area (Å²) < 4.78 is 5.35. The Hall–Kier alpha value is -1.30. The molecule has 0 saturated carbocycles. The van der Waals surface area contributed by atoms with Crippen molar-refractivity contribution in [1.82, 2.24) is 9.80 Å². The van der Waals surface area contributed by atoms with E-state index in [1.165, 1.54) is 4.90 Å². The summed E-state index contributed by atoms with van der Waals surface area (Å²) in [6.45, 7) is 1.91. The Labute approximate surface area is 93.8 Å². The lowest BCUT2D eigenvalue weighted by molar-refractivity contribution is -0.137. The van der Waals surface area contributed by atoms with Crippen molar-refractivity contribution in [3.63, 3.8) is 0 Å². The first-order chi connectivity index (χ1) is 7.51. The molecule has 0 radical (unpaired) electrons. The molecule has 0 aromatic heterocycles. The van der Waals surface area contributed by atoms with Gasteiger partial charge in [-0.25, -0.2) is 4.79 Å². The molecule has 0 bridgehead atoms. The van der Waals surface area contributed by atoms with Crippen LogP contribution in [0.15, 0.2) is 0 Å². The van der Waals surface area contributed by atoms with E-state index in [1.54, 1.807) is 0 Å². The topological polar surface area (TPSA) is 70.1 Å². The van der Waals surface area contributed by atoms with Crippen LogP contribution in [0, 0.1) is 0 Å². The number of amides is 1. The summed E-state index contributed by atoms with van der Waals surface area (Å²) in [7, 11) is 2.03. The number of nitrogens with zero attached hydrogens (tertiary/aromatic N) is 2. The Morgan fingerprint density at radius 2 is 2.12 bits per heavy atom. The first-order valence-corrected chi connectivity index (χ1v) is 5.39. The maximum atomic E-state index is 11.5. The minimum atomic E-state index is -0.998. The van der Waals surface area contributed by atoms with Crippen molar-refractivity contribution in [2.45, 2.75) is 18.4 Å². The fourth-order valence-electron chi connectivity index (χ4n) is 2.26. The van der Waals surface area contributed by atoms with Gasteiger partial charge in [-0.05, 0) is 7.05 Å². The van der Waals surface area contributed by atoms with Crippen molar-refractivity contribution < 1.29 is 19.4 Å². The van der Waals surface area contributed by atoms with Crippen LogP contribution >= 0.6 is 0 Å². The predicted molar refractivity (Wildman–Crippen MR) is 55.2 cm³/mol. The second-order valence-electron chi connectivity index (χ2n) is 4.60. The molecular formula is C10H16N2O4. The monoisotopic (exact) mass is 228 g/mol. The number of aliphatic carboxylic acids is 1. The maximum Gasteiger partial charge on any atom is 0.411 e. The zero-order valence-electron chi connectivity index (χ0n) is 9.31. The molecule has 0 aromatic rings. The smallest absolute Gasteiger partial charge is 0.411 e. The van der Waals surface area contributed by atoms with E-state index in [2.05, 4.69) is 4.90 Å². The Bertz CT molecular complexity index is 310. The largest absolute Gasteiger partial charge is 0.480 e. The number of carboxylic acids is 1. The second-order valence-corrected chi connectivity index (χ2v) is 4.60. The zero-order chi connectivity index (χ0) is 11.8. The van der Waals surface area contributed by atoms with Crippen molar-refractivity contribution in [3.8, 4) is 0 Å². The lowest BCUT2D eigenvalue weighted by atomic mass is 9.91. The van der Waals surface area contributed by atoms with E-state index in [4.69, 9.17) is 9.84 Å². The van der Waals surface area contributed by atoms with Crippen LogP contribution in [0.1, 0.15) is 12.8 Å². The van der Waals surface area contributed by atoms with Crippen molar-refractivity contribution in [3.05, 3.63) is 0 Å². The van der Waals surface area contributed by atoms with Gasteiger partial charge in [0, 0.05) is 25.9 Å². The molecule has 2 saturated heterocycles. The molecule has 0 atom stereocenters. The van der Waals surface area contributed by atoms with E-state index >= 15 is 0 Å². The summed E-state index contributed by atoms with van der Waals surface area (Å²) in [4.78, 5) is 25.5. The number of ether oxygens (including phenoxy) is 1. The molecule has 1 amide bonds. The summed E-state index contributed by atoms with van der Waals surface area (Å²) in [6, 6.07) is 0. The van der Waals surface area contributed by atoms with Crippen molar-refractivity contribution in [2.24, 2.45) is 0 Å². The van der Waals surface area contributed by atoms with Gasteiger partial charge in [0.2, 0.25) is 0 Å². The Kier molecular flexibility index (Phi) is 2.75. The van der Waals surface area contributed by atoms with Crippen LogP contribution in [0.3, 0.4) is 0 Å². The number of carboxylic acid groups (broad SMARTS) is 1. The van der Waals surface area contributed by atoms with Gasteiger partial charge in [-0.3, -0.25) is 9.69 Å². The van der Waals surface area contributed by atoms with Gasteiger partial charge in [0.05, 0.1) is 6.54 Å². The van der Waals surface area contributed by atoms with Gasteiger partial charge in [-0.2, -0.15) is 0 Å². The molecule has 2 rings (SSSR count). The first-order valence-electron chi connectivity index (χ1n) is 5.39. The standard InChI is InChI=1S/C10H16N2O4/c1-11-4-2-10(3-5-11)7-12(6-8(13)14)9(15)16-10/h2-7H2,1H3,(H,13,14). The molecule has 2 fully saturated rings. The SMILES string of the molecule is CN1CCC2(CC1)CN(CC(=O)O)C(=O)O2. The molecule has 16 heavy (non-hydrogen) atoms. The van der Waals surface area contributed by atoms with Crippen LogP contribution < -0.4 is 0 Å². The highest BCUT2D eigenvalue weighted by atomic mass is 16.6. The molecule has 1 N–H and O–H groups in total. The minimum Gasteiger partial charge on any atom is -0.480 e. The van der Waals surface area contributed by atoms with Crippen LogP contribution in [-0.4, -0.2) is 65.8 Å². The molecule has 1 spiro atoms. The fraction of sp³-hybridized carbons (Fsp3) is 0.800. The third kappa shape index (κ3) is 2.11. The van der Waals surface area contributed by atoms with Gasteiger partial charge in [-0.15, -0.1) is 0 Å². The highest BCUT2D eigenvalue weighted by molar-refractivity contribution is 5.78. The minimum absolute atomic E-state index is 0.267. The number of carbonyl (C=O) groups excluding carboxylic acids is 1. The van der Waals surface area contributed by atoms with Gasteiger partial charge in [0.15, 0.2) is 0 Å². The van der Waals surface area contributed by atoms with Crippen molar-refractivity contribution in [2.75, 3.05) is 33.2 Å². The summed E-state index contributed by atoms with van der Waals surface area (Å²) in [5, 5.41) is 8.66. The zero-order valence-corrected chi connectivity index (χ0v) is 9.31. The molecule has 0 aliphatic carbocycles. The average molecular weight is 228 g/mol. The maximum absolute atomic E-state index is 11.5. The summed E-state index contributed by atoms with van der Waals surface area (Å²) in [5.41, 5.74) is -0.445. The molecule has 0 aromatic carbocycles. The molecule has 2 heterocycles. The Morgan fingerprint density at radius 1 is 1.50 bits per heavy atom. The lowest BCUT2D eigenvalue weighted by Crippen LogP contribution is -2.45. The predicted octanol–water partition coefficient (Wildman–Crippen LogP) is -0.0124. The van der Waals surface area contributed by atoms with Gasteiger partial charge >= 0.3 is 12.1 Å². The van der Waals surface area contributed by atoms with Crippen LogP contribution in [0.5, 0.6) is 0 Å². The van der Waals surface area contributed by atoms with Gasteiger partial charge in [0.25, 0.3) is 0 Å². The quantitative estimate of drug-likeness (QED) is 0.719. The number of carbonyl (C=O) groups is 2. The highest BCUT2D eigenvalue weighted by Crippen LogP contribution is 2.32. The van der Waals surface area contributed by atoms with Crippen LogP contribution in [0.4, 0.5) is 4.79 Å². The van der Waals surface area contributed by atoms with Gasteiger partial charge in [-0.1, -0.05) is 0 Å². The number of rotatable bonds is 2. The molecular weight excluding hydrogens is 212 g/mol. The third-order valence-electron chi connectivity index (χ3n) is 3.27. The molecule has 6 heteroatoms. The molecule has 6 nitrogen and oxygen atoms in total. The second kappa shape index (κ2) is 3.93. The highest BCUT2D eigenvalue weighted by Gasteiger charge is 2.46. The van der Waals surface area contributed by atoms with Crippen LogP contribution in [0.2, 0.25) is 0 Å². The molecule has 2 aliphatic rings. The third-order valence-corrected chi connectivity index (χ3v) is 3.27. The number of hydrogen-bond acceptors (Lipinski definition) is 4. The summed E-state index contributed by atoms with van der Waals surface area (Å²) in [6.07, 6.45) is 1.07.